The average Bonchev–Trinajstić information content (AvgIpc) is 2.62. The third-order valence-electron chi connectivity index (χ3n) is 3.11. The van der Waals surface area contributed by atoms with Gasteiger partial charge in [0.1, 0.15) is 11.6 Å². The van der Waals surface area contributed by atoms with Gasteiger partial charge in [-0.25, -0.2) is 9.82 Å². The lowest BCUT2D eigenvalue weighted by Gasteiger charge is -2.04. The second-order valence-electron chi connectivity index (χ2n) is 4.98. The van der Waals surface area contributed by atoms with Crippen LogP contribution >= 0.6 is 0 Å². The Morgan fingerprint density at radius 2 is 1.80 bits per heavy atom. The molecule has 0 radical (unpaired) electrons. The van der Waals surface area contributed by atoms with Crippen LogP contribution < -0.4 is 15.5 Å². The molecule has 25 heavy (non-hydrogen) atoms. The predicted octanol–water partition coefficient (Wildman–Crippen LogP) is 2.10. The quantitative estimate of drug-likeness (QED) is 0.597. The van der Waals surface area contributed by atoms with E-state index in [4.69, 9.17) is 4.74 Å². The molecule has 0 aliphatic carbocycles. The lowest BCUT2D eigenvalue weighted by Crippen LogP contribution is -2.34. The van der Waals surface area contributed by atoms with Crippen LogP contribution in [0.3, 0.4) is 0 Å². The molecule has 0 saturated heterocycles. The number of hydrogen-bond acceptors (Lipinski definition) is 4. The fourth-order valence-corrected chi connectivity index (χ4v) is 1.90. The van der Waals surface area contributed by atoms with Gasteiger partial charge < -0.3 is 10.1 Å². The lowest BCUT2D eigenvalue weighted by molar-refractivity contribution is -0.120. The van der Waals surface area contributed by atoms with Crippen molar-refractivity contribution >= 4 is 18.0 Å². The summed E-state index contributed by atoms with van der Waals surface area (Å²) in [6, 6.07) is 12.2. The van der Waals surface area contributed by atoms with E-state index in [-0.39, 0.29) is 12.1 Å². The summed E-state index contributed by atoms with van der Waals surface area (Å²) in [4.78, 5) is 23.4. The SMILES string of the molecule is CCOc1ccc(/C=N/NC(=O)CNC(=O)c2ccc(F)cc2)cc1. The van der Waals surface area contributed by atoms with Gasteiger partial charge in [-0.05, 0) is 61.0 Å². The first-order chi connectivity index (χ1) is 12.1. The highest BCUT2D eigenvalue weighted by Crippen LogP contribution is 2.10. The van der Waals surface area contributed by atoms with Crippen LogP contribution in [-0.2, 0) is 4.79 Å². The van der Waals surface area contributed by atoms with Gasteiger partial charge in [0.15, 0.2) is 0 Å². The lowest BCUT2D eigenvalue weighted by atomic mass is 10.2. The maximum atomic E-state index is 12.8. The fourth-order valence-electron chi connectivity index (χ4n) is 1.90. The zero-order chi connectivity index (χ0) is 18.1. The topological polar surface area (TPSA) is 79.8 Å². The molecular weight excluding hydrogens is 325 g/mol. The van der Waals surface area contributed by atoms with E-state index in [0.717, 1.165) is 11.3 Å². The van der Waals surface area contributed by atoms with Crippen molar-refractivity contribution in [2.75, 3.05) is 13.2 Å². The van der Waals surface area contributed by atoms with E-state index in [2.05, 4.69) is 15.8 Å². The summed E-state index contributed by atoms with van der Waals surface area (Å²) in [5.41, 5.74) is 3.37. The molecule has 6 nitrogen and oxygen atoms in total. The molecule has 0 atom stereocenters. The Hall–Kier alpha value is -3.22. The molecule has 2 rings (SSSR count). The van der Waals surface area contributed by atoms with Gasteiger partial charge >= 0.3 is 0 Å². The van der Waals surface area contributed by atoms with Crippen LogP contribution in [0.2, 0.25) is 0 Å². The standard InChI is InChI=1S/C18H18FN3O3/c1-2-25-16-9-3-13(4-10-16)11-21-22-17(23)12-20-18(24)14-5-7-15(19)8-6-14/h3-11H,2,12H2,1H3,(H,20,24)(H,22,23)/b21-11+. The summed E-state index contributed by atoms with van der Waals surface area (Å²) in [6.07, 6.45) is 1.48. The molecule has 0 heterocycles. The zero-order valence-electron chi connectivity index (χ0n) is 13.7. The Balaban J connectivity index is 1.76. The molecule has 130 valence electrons. The van der Waals surface area contributed by atoms with E-state index < -0.39 is 17.6 Å². The minimum atomic E-state index is -0.474. The molecule has 7 heteroatoms. The molecule has 0 aliphatic rings. The zero-order valence-corrected chi connectivity index (χ0v) is 13.7. The van der Waals surface area contributed by atoms with Crippen molar-refractivity contribution in [1.82, 2.24) is 10.7 Å². The molecule has 0 unspecified atom stereocenters. The van der Waals surface area contributed by atoms with Gasteiger partial charge in [-0.1, -0.05) is 0 Å². The maximum absolute atomic E-state index is 12.8. The Morgan fingerprint density at radius 1 is 1.12 bits per heavy atom. The molecule has 0 saturated carbocycles. The number of hydrogen-bond donors (Lipinski definition) is 2. The van der Waals surface area contributed by atoms with E-state index in [0.29, 0.717) is 6.61 Å². The molecule has 0 aliphatic heterocycles. The van der Waals surface area contributed by atoms with Crippen LogP contribution in [0.25, 0.3) is 0 Å². The van der Waals surface area contributed by atoms with Crippen LogP contribution in [0.1, 0.15) is 22.8 Å². The number of ether oxygens (including phenoxy) is 1. The van der Waals surface area contributed by atoms with Crippen molar-refractivity contribution in [2.24, 2.45) is 5.10 Å². The highest BCUT2D eigenvalue weighted by molar-refractivity contribution is 5.96. The number of nitrogens with one attached hydrogen (secondary N) is 2. The Morgan fingerprint density at radius 3 is 2.44 bits per heavy atom. The van der Waals surface area contributed by atoms with E-state index in [1.54, 1.807) is 24.3 Å². The van der Waals surface area contributed by atoms with E-state index in [1.165, 1.54) is 30.5 Å². The molecule has 0 spiro atoms. The summed E-state index contributed by atoms with van der Waals surface area (Å²) in [5, 5.41) is 6.24. The van der Waals surface area contributed by atoms with Crippen LogP contribution in [0.15, 0.2) is 53.6 Å². The predicted molar refractivity (Wildman–Crippen MR) is 92.1 cm³/mol. The van der Waals surface area contributed by atoms with Crippen LogP contribution in [0, 0.1) is 5.82 Å². The van der Waals surface area contributed by atoms with Crippen molar-refractivity contribution in [3.05, 3.63) is 65.5 Å². The third kappa shape index (κ3) is 6.06. The molecule has 2 aromatic carbocycles. The first-order valence-corrected chi connectivity index (χ1v) is 7.67. The third-order valence-corrected chi connectivity index (χ3v) is 3.11. The molecule has 0 fully saturated rings. The summed E-state index contributed by atoms with van der Waals surface area (Å²) in [6.45, 7) is 2.25. The Bertz CT molecular complexity index is 743. The number of carbonyl (C=O) groups is 2. The summed E-state index contributed by atoms with van der Waals surface area (Å²) < 4.78 is 18.1. The molecular formula is C18H18FN3O3. The number of carbonyl (C=O) groups excluding carboxylic acids is 2. The van der Waals surface area contributed by atoms with Crippen molar-refractivity contribution in [3.63, 3.8) is 0 Å². The van der Waals surface area contributed by atoms with Crippen molar-refractivity contribution < 1.29 is 18.7 Å². The number of amides is 2. The highest BCUT2D eigenvalue weighted by atomic mass is 19.1. The van der Waals surface area contributed by atoms with Gasteiger partial charge in [-0.15, -0.1) is 0 Å². The number of hydrazone groups is 1. The summed E-state index contributed by atoms with van der Waals surface area (Å²) in [5.74, 6) is -0.617. The van der Waals surface area contributed by atoms with E-state index in [1.807, 2.05) is 6.92 Å². The number of rotatable bonds is 7. The smallest absolute Gasteiger partial charge is 0.259 e. The van der Waals surface area contributed by atoms with Gasteiger partial charge in [-0.3, -0.25) is 9.59 Å². The monoisotopic (exact) mass is 343 g/mol. The first kappa shape index (κ1) is 18.1. The van der Waals surface area contributed by atoms with Gasteiger partial charge in [0.2, 0.25) is 0 Å². The minimum absolute atomic E-state index is 0.239. The van der Waals surface area contributed by atoms with Crippen LogP contribution in [-0.4, -0.2) is 31.2 Å². The van der Waals surface area contributed by atoms with Gasteiger partial charge in [0, 0.05) is 5.56 Å². The number of nitrogens with zero attached hydrogens (tertiary/aromatic N) is 1. The Labute approximate surface area is 144 Å². The number of halogens is 1. The second-order valence-corrected chi connectivity index (χ2v) is 4.98. The molecule has 2 amide bonds. The van der Waals surface area contributed by atoms with Crippen LogP contribution in [0.5, 0.6) is 5.75 Å². The second kappa shape index (κ2) is 9.17. The van der Waals surface area contributed by atoms with Crippen molar-refractivity contribution in [1.29, 1.82) is 0 Å². The summed E-state index contributed by atoms with van der Waals surface area (Å²) >= 11 is 0. The minimum Gasteiger partial charge on any atom is -0.494 e. The maximum Gasteiger partial charge on any atom is 0.259 e. The molecule has 2 N–H and O–H groups in total. The van der Waals surface area contributed by atoms with E-state index in [9.17, 15) is 14.0 Å². The molecule has 2 aromatic rings. The van der Waals surface area contributed by atoms with E-state index >= 15 is 0 Å². The van der Waals surface area contributed by atoms with Gasteiger partial charge in [0.05, 0.1) is 19.4 Å². The first-order valence-electron chi connectivity index (χ1n) is 7.67. The largest absolute Gasteiger partial charge is 0.494 e. The normalized spacial score (nSPS) is 10.5. The highest BCUT2D eigenvalue weighted by Gasteiger charge is 2.07. The molecule has 0 aromatic heterocycles. The number of benzene rings is 2. The Kier molecular flexibility index (Phi) is 6.65. The average molecular weight is 343 g/mol. The molecule has 0 bridgehead atoms. The van der Waals surface area contributed by atoms with Crippen molar-refractivity contribution in [2.45, 2.75) is 6.92 Å². The van der Waals surface area contributed by atoms with Gasteiger partial charge in [-0.2, -0.15) is 5.10 Å². The van der Waals surface area contributed by atoms with Crippen LogP contribution in [0.4, 0.5) is 4.39 Å². The van der Waals surface area contributed by atoms with Gasteiger partial charge in [0.25, 0.3) is 11.8 Å². The van der Waals surface area contributed by atoms with Crippen molar-refractivity contribution in [3.8, 4) is 5.75 Å². The summed E-state index contributed by atoms with van der Waals surface area (Å²) in [7, 11) is 0. The fraction of sp³-hybridized carbons (Fsp3) is 0.167.